The number of halogens is 1. The van der Waals surface area contributed by atoms with Crippen LogP contribution in [0.25, 0.3) is 11.3 Å². The van der Waals surface area contributed by atoms with Crippen LogP contribution in [0.2, 0.25) is 0 Å². The fourth-order valence-electron chi connectivity index (χ4n) is 3.12. The number of hydrogen-bond donors (Lipinski definition) is 1. The van der Waals surface area contributed by atoms with Crippen molar-refractivity contribution in [3.8, 4) is 22.9 Å². The topological polar surface area (TPSA) is 107 Å². The first-order chi connectivity index (χ1) is 17.2. The highest BCUT2D eigenvalue weighted by atomic mass is 32.2. The van der Waals surface area contributed by atoms with Crippen LogP contribution in [0.5, 0.6) is 11.6 Å². The Labute approximate surface area is 220 Å². The van der Waals surface area contributed by atoms with Crippen molar-refractivity contribution in [2.24, 2.45) is 11.3 Å². The Morgan fingerprint density at radius 3 is 2.46 bits per heavy atom. The van der Waals surface area contributed by atoms with Crippen molar-refractivity contribution < 1.29 is 29.9 Å². The molecule has 0 aliphatic rings. The molecule has 0 aliphatic carbocycles. The van der Waals surface area contributed by atoms with Gasteiger partial charge in [0, 0.05) is 20.2 Å². The Hall–Kier alpha value is -3.53. The number of nitrogens with zero attached hydrogens (tertiary/aromatic N) is 2. The van der Waals surface area contributed by atoms with Crippen LogP contribution in [0.4, 0.5) is 4.39 Å². The molecule has 0 spiro atoms. The number of pyridine rings is 2. The average molecular weight is 534 g/mol. The lowest BCUT2D eigenvalue weighted by Gasteiger charge is -2.20. The molecule has 0 bridgehead atoms. The van der Waals surface area contributed by atoms with Crippen LogP contribution in [0.1, 0.15) is 53.5 Å². The molecule has 2 aromatic heterocycles. The molecule has 1 aromatic carbocycles. The summed E-state index contributed by atoms with van der Waals surface area (Å²) in [6.45, 7) is 12.1. The molecule has 0 unspecified atom stereocenters. The van der Waals surface area contributed by atoms with Crippen molar-refractivity contribution in [1.29, 1.82) is 0 Å². The zero-order valence-corrected chi connectivity index (χ0v) is 22.6. The van der Waals surface area contributed by atoms with E-state index in [-0.39, 0.29) is 37.3 Å². The Morgan fingerprint density at radius 2 is 1.81 bits per heavy atom. The number of carbonyl (C=O) groups excluding carboxylic acids is 1. The molecule has 0 atom stereocenters. The number of rotatable bonds is 9. The molecular formula is C27H36FN3O5S. The van der Waals surface area contributed by atoms with Crippen molar-refractivity contribution in [2.45, 2.75) is 46.6 Å². The minimum atomic E-state index is -4.24. The van der Waals surface area contributed by atoms with E-state index in [2.05, 4.69) is 9.97 Å². The first-order valence-electron chi connectivity index (χ1n) is 11.8. The van der Waals surface area contributed by atoms with Gasteiger partial charge in [-0.2, -0.15) is 8.42 Å². The summed E-state index contributed by atoms with van der Waals surface area (Å²) < 4.78 is 53.4. The lowest BCUT2D eigenvalue weighted by atomic mass is 9.99. The number of nitrogens with one attached hydrogen (secondary N) is 1. The molecule has 0 radical (unpaired) electrons. The second kappa shape index (κ2) is 11.2. The van der Waals surface area contributed by atoms with Crippen LogP contribution in [0.3, 0.4) is 0 Å². The van der Waals surface area contributed by atoms with Gasteiger partial charge in [-0.15, -0.1) is 0 Å². The minimum Gasteiger partial charge on any atom is -0.493 e. The summed E-state index contributed by atoms with van der Waals surface area (Å²) in [6.07, 6.45) is 0. The van der Waals surface area contributed by atoms with Crippen LogP contribution in [-0.4, -0.2) is 37.5 Å². The third kappa shape index (κ3) is 7.98. The van der Waals surface area contributed by atoms with Gasteiger partial charge in [-0.1, -0.05) is 40.7 Å². The minimum absolute atomic E-state index is 0. The molecular weight excluding hydrogens is 497 g/mol. The first kappa shape index (κ1) is 28.0. The SMILES string of the molecule is Cc1cccc(S(=O)(=O)NC(=O)c2ccc(-c3cc(F)cc(OCC(C)C)c3)nc2OCC(C)(C)C)n1.[HH].[HH]. The fourth-order valence-corrected chi connectivity index (χ4v) is 4.10. The van der Waals surface area contributed by atoms with Crippen molar-refractivity contribution in [2.75, 3.05) is 13.2 Å². The van der Waals surface area contributed by atoms with E-state index in [0.717, 1.165) is 0 Å². The van der Waals surface area contributed by atoms with E-state index in [4.69, 9.17) is 9.47 Å². The summed E-state index contributed by atoms with van der Waals surface area (Å²) in [6, 6.07) is 11.6. The standard InChI is InChI=1S/C27H32FN3O5S.2H2/c1-17(2)15-35-21-13-19(12-20(28)14-21)23-11-10-22(26(30-23)36-16-27(4,5)6)25(32)31-37(33,34)24-9-7-8-18(3)29-24;;/h7-14,17H,15-16H2,1-6H3,(H,31,32);2*1H. The number of hydrogen-bond acceptors (Lipinski definition) is 7. The van der Waals surface area contributed by atoms with Crippen LogP contribution < -0.4 is 14.2 Å². The highest BCUT2D eigenvalue weighted by Crippen LogP contribution is 2.29. The molecule has 3 aromatic rings. The molecule has 0 aliphatic heterocycles. The normalized spacial score (nSPS) is 11.9. The van der Waals surface area contributed by atoms with Crippen molar-refractivity contribution in [3.05, 3.63) is 65.6 Å². The average Bonchev–Trinajstić information content (AvgIpc) is 2.80. The molecule has 1 N–H and O–H groups in total. The molecule has 0 fully saturated rings. The monoisotopic (exact) mass is 533 g/mol. The van der Waals surface area contributed by atoms with Crippen molar-refractivity contribution in [1.82, 2.24) is 14.7 Å². The lowest BCUT2D eigenvalue weighted by molar-refractivity contribution is 0.0972. The molecule has 0 saturated carbocycles. The number of aryl methyl sites for hydroxylation is 1. The summed E-state index contributed by atoms with van der Waals surface area (Å²) in [5.41, 5.74) is 0.874. The number of amides is 1. The van der Waals surface area contributed by atoms with Crippen LogP contribution >= 0.6 is 0 Å². The summed E-state index contributed by atoms with van der Waals surface area (Å²) in [5.74, 6) is -0.904. The zero-order chi connectivity index (χ0) is 27.4. The Kier molecular flexibility index (Phi) is 8.53. The van der Waals surface area contributed by atoms with Gasteiger partial charge in [-0.3, -0.25) is 4.79 Å². The number of carbonyl (C=O) groups is 1. The van der Waals surface area contributed by atoms with Gasteiger partial charge in [0.2, 0.25) is 5.88 Å². The van der Waals surface area contributed by atoms with Crippen LogP contribution in [-0.2, 0) is 10.0 Å². The highest BCUT2D eigenvalue weighted by Gasteiger charge is 2.25. The van der Waals surface area contributed by atoms with Gasteiger partial charge in [0.1, 0.15) is 17.1 Å². The maximum Gasteiger partial charge on any atom is 0.281 e. The van der Waals surface area contributed by atoms with Crippen molar-refractivity contribution >= 4 is 15.9 Å². The van der Waals surface area contributed by atoms with Gasteiger partial charge in [0.15, 0.2) is 5.03 Å². The summed E-state index contributed by atoms with van der Waals surface area (Å²) in [5, 5.41) is -0.281. The van der Waals surface area contributed by atoms with E-state index in [1.54, 1.807) is 19.1 Å². The third-order valence-electron chi connectivity index (χ3n) is 4.86. The summed E-state index contributed by atoms with van der Waals surface area (Å²) in [7, 11) is -4.24. The summed E-state index contributed by atoms with van der Waals surface area (Å²) in [4.78, 5) is 21.5. The Balaban J connectivity index is 0.00000380. The highest BCUT2D eigenvalue weighted by molar-refractivity contribution is 7.90. The number of ether oxygens (including phenoxy) is 2. The van der Waals surface area contributed by atoms with E-state index >= 15 is 0 Å². The van der Waals surface area contributed by atoms with E-state index in [9.17, 15) is 17.6 Å². The first-order valence-corrected chi connectivity index (χ1v) is 13.3. The Bertz CT molecular complexity index is 1400. The predicted octanol–water partition coefficient (Wildman–Crippen LogP) is 5.66. The van der Waals surface area contributed by atoms with E-state index in [1.165, 1.54) is 36.4 Å². The van der Waals surface area contributed by atoms with Gasteiger partial charge in [-0.25, -0.2) is 19.1 Å². The maximum absolute atomic E-state index is 14.3. The number of sulfonamides is 1. The molecule has 3 rings (SSSR count). The van der Waals surface area contributed by atoms with Crippen molar-refractivity contribution in [3.63, 3.8) is 0 Å². The molecule has 0 saturated heterocycles. The molecule has 202 valence electrons. The van der Waals surface area contributed by atoms with Gasteiger partial charge in [-0.05, 0) is 54.7 Å². The second-order valence-electron chi connectivity index (χ2n) is 10.3. The van der Waals surface area contributed by atoms with E-state index in [1.807, 2.05) is 39.3 Å². The molecule has 10 heteroatoms. The van der Waals surface area contributed by atoms with Crippen LogP contribution in [0, 0.1) is 24.1 Å². The smallest absolute Gasteiger partial charge is 0.281 e. The quantitative estimate of drug-likeness (QED) is 0.378. The second-order valence-corrected chi connectivity index (χ2v) is 12.0. The molecule has 1 amide bonds. The largest absolute Gasteiger partial charge is 0.493 e. The molecule has 37 heavy (non-hydrogen) atoms. The fraction of sp³-hybridized carbons (Fsp3) is 0.370. The predicted molar refractivity (Wildman–Crippen MR) is 143 cm³/mol. The van der Waals surface area contributed by atoms with Crippen LogP contribution in [0.15, 0.2) is 53.6 Å². The van der Waals surface area contributed by atoms with Gasteiger partial charge in [0.05, 0.1) is 18.9 Å². The van der Waals surface area contributed by atoms with E-state index in [0.29, 0.717) is 29.3 Å². The van der Waals surface area contributed by atoms with Gasteiger partial charge < -0.3 is 9.47 Å². The van der Waals surface area contributed by atoms with Gasteiger partial charge >= 0.3 is 0 Å². The number of benzene rings is 1. The lowest BCUT2D eigenvalue weighted by Crippen LogP contribution is -2.32. The maximum atomic E-state index is 14.3. The van der Waals surface area contributed by atoms with E-state index < -0.39 is 21.7 Å². The molecule has 2 heterocycles. The number of aromatic nitrogens is 2. The third-order valence-corrected chi connectivity index (χ3v) is 6.09. The summed E-state index contributed by atoms with van der Waals surface area (Å²) >= 11 is 0. The molecule has 8 nitrogen and oxygen atoms in total. The van der Waals surface area contributed by atoms with Gasteiger partial charge in [0.25, 0.3) is 15.9 Å². The Morgan fingerprint density at radius 1 is 1.08 bits per heavy atom. The zero-order valence-electron chi connectivity index (χ0n) is 21.8.